The van der Waals surface area contributed by atoms with Crippen LogP contribution in [-0.2, 0) is 30.0 Å². The maximum atomic E-state index is 11.6. The fourth-order valence-electron chi connectivity index (χ4n) is 1.58. The molecule has 10 nitrogen and oxygen atoms in total. The summed E-state index contributed by atoms with van der Waals surface area (Å²) in [5.41, 5.74) is -0.151. The Kier molecular flexibility index (Phi) is 8.37. The number of hydrogen-bond acceptors (Lipinski definition) is 10. The van der Waals surface area contributed by atoms with E-state index in [1.807, 2.05) is 6.92 Å². The van der Waals surface area contributed by atoms with Gasteiger partial charge in [0.25, 0.3) is 0 Å². The average Bonchev–Trinajstić information content (AvgIpc) is 2.62. The van der Waals surface area contributed by atoms with Crippen LogP contribution >= 0.6 is 0 Å². The van der Waals surface area contributed by atoms with Gasteiger partial charge in [-0.05, 0) is 6.42 Å². The van der Waals surface area contributed by atoms with Gasteiger partial charge in [-0.3, -0.25) is 4.28 Å². The molecule has 0 radical (unpaired) electrons. The second-order valence-corrected chi connectivity index (χ2v) is 6.88. The van der Waals surface area contributed by atoms with Crippen molar-refractivity contribution in [3.63, 3.8) is 0 Å². The van der Waals surface area contributed by atoms with Gasteiger partial charge in [-0.2, -0.15) is 18.9 Å². The van der Waals surface area contributed by atoms with Gasteiger partial charge in [-0.25, -0.2) is 4.21 Å². The molecule has 0 fully saturated rings. The third-order valence-corrected chi connectivity index (χ3v) is 4.11. The number of unbranched alkanes of at least 4 members (excludes halogenated alkanes) is 1. The molecule has 0 aliphatic carbocycles. The molecular weight excluding hydrogens is 384 g/mol. The minimum atomic E-state index is -3.87. The second kappa shape index (κ2) is 10.2. The van der Waals surface area contributed by atoms with Gasteiger partial charge >= 0.3 is 10.1 Å². The van der Waals surface area contributed by atoms with E-state index in [2.05, 4.69) is 18.9 Å². The van der Waals surface area contributed by atoms with Crippen molar-refractivity contribution in [2.24, 2.45) is 10.3 Å². The summed E-state index contributed by atoms with van der Waals surface area (Å²) in [7, 11) is -3.87. The minimum Gasteiger partial charge on any atom is -0.738 e. The highest BCUT2D eigenvalue weighted by atomic mass is 32.2. The van der Waals surface area contributed by atoms with Gasteiger partial charge < -0.3 is 8.84 Å². The van der Waals surface area contributed by atoms with Gasteiger partial charge in [0.2, 0.25) is 0 Å². The molecule has 0 aliphatic rings. The molecule has 0 aromatic heterocycles. The molecule has 0 spiro atoms. The van der Waals surface area contributed by atoms with Gasteiger partial charge in [-0.15, -0.1) is 0 Å². The van der Waals surface area contributed by atoms with Crippen molar-refractivity contribution in [2.75, 3.05) is 5.75 Å². The zero-order chi connectivity index (χ0) is 19.6. The van der Waals surface area contributed by atoms with Gasteiger partial charge in [-0.1, -0.05) is 47.9 Å². The smallest absolute Gasteiger partial charge is 0.328 e. The zero-order valence-electron chi connectivity index (χ0n) is 13.5. The maximum Gasteiger partial charge on any atom is 0.328 e. The lowest BCUT2D eigenvalue weighted by Gasteiger charge is -2.03. The first-order valence-corrected chi connectivity index (χ1v) is 9.65. The maximum absolute atomic E-state index is 11.6. The van der Waals surface area contributed by atoms with E-state index in [-0.39, 0.29) is 28.3 Å². The number of rotatable bonds is 9. The monoisotopic (exact) mass is 397 g/mol. The van der Waals surface area contributed by atoms with E-state index >= 15 is 0 Å². The van der Waals surface area contributed by atoms with Crippen molar-refractivity contribution in [3.8, 4) is 12.1 Å². The van der Waals surface area contributed by atoms with Gasteiger partial charge in [0.1, 0.15) is 12.1 Å². The van der Waals surface area contributed by atoms with Crippen LogP contribution < -0.4 is 0 Å². The van der Waals surface area contributed by atoms with E-state index in [0.29, 0.717) is 12.8 Å². The summed E-state index contributed by atoms with van der Waals surface area (Å²) in [5, 5.41) is 24.5. The zero-order valence-corrected chi connectivity index (χ0v) is 15.1. The van der Waals surface area contributed by atoms with E-state index in [9.17, 15) is 17.2 Å². The molecule has 1 aromatic rings. The number of benzene rings is 1. The van der Waals surface area contributed by atoms with E-state index in [1.54, 1.807) is 12.1 Å². The van der Waals surface area contributed by atoms with Gasteiger partial charge in [0, 0.05) is 11.1 Å². The van der Waals surface area contributed by atoms with Crippen LogP contribution in [-0.4, -0.2) is 34.4 Å². The standard InChI is InChI=1S/C14H14N4O6S2/c1-2-3-8-26(21,22)24-18-14(10-16)12-6-4-11(5-7-12)13(9-15)17-23-25(19)20/h4-7H,2-3,8H2,1H3,(H,19,20)/p-1. The molecular formula is C14H13N4O6S2-. The molecule has 0 saturated carbocycles. The number of hydrogen-bond donors (Lipinski definition) is 0. The molecule has 0 aliphatic heterocycles. The van der Waals surface area contributed by atoms with Crippen LogP contribution in [0.4, 0.5) is 0 Å². The lowest BCUT2D eigenvalue weighted by Crippen LogP contribution is -2.09. The quantitative estimate of drug-likeness (QED) is 0.339. The lowest BCUT2D eigenvalue weighted by molar-refractivity contribution is 0.318. The predicted octanol–water partition coefficient (Wildman–Crippen LogP) is 1.10. The Bertz CT molecular complexity index is 895. The van der Waals surface area contributed by atoms with E-state index in [4.69, 9.17) is 10.5 Å². The van der Waals surface area contributed by atoms with Crippen LogP contribution in [0.15, 0.2) is 34.6 Å². The van der Waals surface area contributed by atoms with Crippen molar-refractivity contribution in [3.05, 3.63) is 35.4 Å². The summed E-state index contributed by atoms with van der Waals surface area (Å²) in [6.45, 7) is 1.82. The topological polar surface area (TPSA) is 165 Å². The van der Waals surface area contributed by atoms with E-state index < -0.39 is 21.5 Å². The molecule has 1 atom stereocenters. The normalized spacial score (nSPS) is 13.4. The number of oxime groups is 2. The van der Waals surface area contributed by atoms with Gasteiger partial charge in [0.15, 0.2) is 22.8 Å². The molecule has 12 heteroatoms. The Morgan fingerprint density at radius 3 is 2.08 bits per heavy atom. The van der Waals surface area contributed by atoms with Crippen LogP contribution in [0.5, 0.6) is 0 Å². The molecule has 0 amide bonds. The molecule has 1 rings (SSSR count). The molecule has 0 bridgehead atoms. The minimum absolute atomic E-state index is 0.215. The van der Waals surface area contributed by atoms with E-state index in [1.165, 1.54) is 24.3 Å². The summed E-state index contributed by atoms with van der Waals surface area (Å²) >= 11 is -2.91. The first kappa shape index (κ1) is 21.2. The Morgan fingerprint density at radius 1 is 1.15 bits per heavy atom. The highest BCUT2D eigenvalue weighted by Crippen LogP contribution is 2.09. The average molecular weight is 397 g/mol. The summed E-state index contributed by atoms with van der Waals surface area (Å²) < 4.78 is 52.2. The van der Waals surface area contributed by atoms with Crippen LogP contribution in [0.3, 0.4) is 0 Å². The molecule has 26 heavy (non-hydrogen) atoms. The first-order valence-electron chi connectivity index (χ1n) is 7.08. The molecule has 0 saturated heterocycles. The number of nitriles is 2. The van der Waals surface area contributed by atoms with Crippen molar-refractivity contribution in [2.45, 2.75) is 19.8 Å². The van der Waals surface area contributed by atoms with Crippen LogP contribution in [0, 0.1) is 22.7 Å². The Labute approximate surface area is 152 Å². The SMILES string of the molecule is CCCCS(=O)(=O)ON=C(C#N)c1ccc(C(C#N)=NOS(=O)[O-])cc1. The molecule has 0 N–H and O–H groups in total. The third-order valence-electron chi connectivity index (χ3n) is 2.82. The Morgan fingerprint density at radius 2 is 1.65 bits per heavy atom. The van der Waals surface area contributed by atoms with Crippen molar-refractivity contribution in [1.82, 2.24) is 0 Å². The highest BCUT2D eigenvalue weighted by molar-refractivity contribution is 7.86. The molecule has 1 aromatic carbocycles. The van der Waals surface area contributed by atoms with Crippen LogP contribution in [0.2, 0.25) is 0 Å². The lowest BCUT2D eigenvalue weighted by atomic mass is 10.1. The van der Waals surface area contributed by atoms with Crippen molar-refractivity contribution >= 4 is 32.9 Å². The highest BCUT2D eigenvalue weighted by Gasteiger charge is 2.13. The van der Waals surface area contributed by atoms with Crippen LogP contribution in [0.1, 0.15) is 30.9 Å². The summed E-state index contributed by atoms with van der Waals surface area (Å²) in [4.78, 5) is 0. The Hall–Kier alpha value is -2.80. The van der Waals surface area contributed by atoms with Crippen molar-refractivity contribution < 1.29 is 25.7 Å². The molecule has 0 heterocycles. The van der Waals surface area contributed by atoms with E-state index in [0.717, 1.165) is 0 Å². The third kappa shape index (κ3) is 6.98. The summed E-state index contributed by atoms with van der Waals surface area (Å²) in [5.74, 6) is -0.215. The number of nitrogens with zero attached hydrogens (tertiary/aromatic N) is 4. The predicted molar refractivity (Wildman–Crippen MR) is 90.5 cm³/mol. The molecule has 1 unspecified atom stereocenters. The fourth-order valence-corrected chi connectivity index (χ4v) is 2.62. The van der Waals surface area contributed by atoms with Crippen LogP contribution in [0.25, 0.3) is 0 Å². The fraction of sp³-hybridized carbons (Fsp3) is 0.286. The summed E-state index contributed by atoms with van der Waals surface area (Å²) in [6, 6.07) is 8.79. The second-order valence-electron chi connectivity index (χ2n) is 4.65. The van der Waals surface area contributed by atoms with Gasteiger partial charge in [0.05, 0.1) is 5.75 Å². The molecule has 138 valence electrons. The van der Waals surface area contributed by atoms with Crippen molar-refractivity contribution in [1.29, 1.82) is 10.5 Å². The largest absolute Gasteiger partial charge is 0.738 e. The summed E-state index contributed by atoms with van der Waals surface area (Å²) in [6.07, 6.45) is 1.06. The first-order chi connectivity index (χ1) is 12.3. The Balaban J connectivity index is 3.00.